The molecule has 1 heterocycles. The zero-order valence-electron chi connectivity index (χ0n) is 6.64. The Morgan fingerprint density at radius 1 is 1.55 bits per heavy atom. The van der Waals surface area contributed by atoms with E-state index < -0.39 is 0 Å². The average molecular weight is 174 g/mol. The minimum Gasteiger partial charge on any atom is -0.436 e. The van der Waals surface area contributed by atoms with Crippen LogP contribution in [0.25, 0.3) is 0 Å². The largest absolute Gasteiger partial charge is 0.436 e. The molecule has 0 aromatic carbocycles. The number of hydrogen-bond acceptors (Lipinski definition) is 2. The van der Waals surface area contributed by atoms with Crippen LogP contribution in [0, 0.1) is 0 Å². The van der Waals surface area contributed by atoms with Crippen molar-refractivity contribution < 1.29 is 4.42 Å². The highest BCUT2D eigenvalue weighted by Crippen LogP contribution is 2.10. The van der Waals surface area contributed by atoms with E-state index in [-0.39, 0.29) is 5.35 Å². The fourth-order valence-electron chi connectivity index (χ4n) is 0.953. The van der Waals surface area contributed by atoms with Gasteiger partial charge in [-0.1, -0.05) is 19.8 Å². The van der Waals surface area contributed by atoms with Crippen molar-refractivity contribution in [3.8, 4) is 0 Å². The van der Waals surface area contributed by atoms with E-state index in [1.807, 2.05) is 0 Å². The van der Waals surface area contributed by atoms with Crippen molar-refractivity contribution in [2.75, 3.05) is 0 Å². The third kappa shape index (κ3) is 2.93. The Hall–Kier alpha value is -0.500. The van der Waals surface area contributed by atoms with Gasteiger partial charge in [-0.25, -0.2) is 4.98 Å². The third-order valence-corrected chi connectivity index (χ3v) is 1.73. The predicted molar refractivity (Wildman–Crippen MR) is 44.7 cm³/mol. The average Bonchev–Trinajstić information content (AvgIpc) is 2.37. The Morgan fingerprint density at radius 3 is 2.91 bits per heavy atom. The number of oxazole rings is 1. The van der Waals surface area contributed by atoms with Gasteiger partial charge >= 0.3 is 0 Å². The molecule has 0 radical (unpaired) electrons. The standard InChI is InChI=1S/C8H12ClNO/c1-2-3-4-5-7-6-11-8(9)10-7/h6H,2-5H2,1H3. The fraction of sp³-hybridized carbons (Fsp3) is 0.625. The van der Waals surface area contributed by atoms with E-state index in [1.165, 1.54) is 19.3 Å². The van der Waals surface area contributed by atoms with Crippen LogP contribution < -0.4 is 0 Å². The van der Waals surface area contributed by atoms with Gasteiger partial charge in [-0.05, 0) is 24.4 Å². The molecule has 0 N–H and O–H groups in total. The van der Waals surface area contributed by atoms with E-state index in [2.05, 4.69) is 11.9 Å². The molecule has 0 bridgehead atoms. The first-order valence-electron chi connectivity index (χ1n) is 3.93. The molecular weight excluding hydrogens is 162 g/mol. The Balaban J connectivity index is 2.27. The van der Waals surface area contributed by atoms with Gasteiger partial charge in [0.25, 0.3) is 5.35 Å². The highest BCUT2D eigenvalue weighted by atomic mass is 35.5. The molecule has 0 spiro atoms. The number of nitrogens with zero attached hydrogens (tertiary/aromatic N) is 1. The van der Waals surface area contributed by atoms with Crippen molar-refractivity contribution in [2.24, 2.45) is 0 Å². The summed E-state index contributed by atoms with van der Waals surface area (Å²) in [4.78, 5) is 3.98. The lowest BCUT2D eigenvalue weighted by Crippen LogP contribution is -1.84. The van der Waals surface area contributed by atoms with Crippen molar-refractivity contribution in [3.63, 3.8) is 0 Å². The van der Waals surface area contributed by atoms with Crippen molar-refractivity contribution in [2.45, 2.75) is 32.6 Å². The van der Waals surface area contributed by atoms with Gasteiger partial charge in [0.05, 0.1) is 5.69 Å². The molecule has 0 aliphatic carbocycles. The van der Waals surface area contributed by atoms with Crippen molar-refractivity contribution >= 4 is 11.6 Å². The minimum absolute atomic E-state index is 0.247. The maximum atomic E-state index is 5.50. The van der Waals surface area contributed by atoms with Crippen LogP contribution in [0.1, 0.15) is 31.9 Å². The molecule has 0 saturated carbocycles. The summed E-state index contributed by atoms with van der Waals surface area (Å²) < 4.78 is 4.85. The van der Waals surface area contributed by atoms with Crippen LogP contribution in [0.4, 0.5) is 0 Å². The summed E-state index contributed by atoms with van der Waals surface area (Å²) in [5, 5.41) is 0.247. The molecule has 0 unspecified atom stereocenters. The molecule has 0 aliphatic rings. The number of unbranched alkanes of at least 4 members (excludes halogenated alkanes) is 2. The first-order valence-corrected chi connectivity index (χ1v) is 4.30. The number of aryl methyl sites for hydroxylation is 1. The summed E-state index contributed by atoms with van der Waals surface area (Å²) in [7, 11) is 0. The molecule has 2 nitrogen and oxygen atoms in total. The quantitative estimate of drug-likeness (QED) is 0.655. The van der Waals surface area contributed by atoms with Crippen molar-refractivity contribution in [1.82, 2.24) is 4.98 Å². The predicted octanol–water partition coefficient (Wildman–Crippen LogP) is 3.06. The Morgan fingerprint density at radius 2 is 2.36 bits per heavy atom. The van der Waals surface area contributed by atoms with E-state index in [0.717, 1.165) is 12.1 Å². The third-order valence-electron chi connectivity index (χ3n) is 1.56. The van der Waals surface area contributed by atoms with Gasteiger partial charge in [0.15, 0.2) is 0 Å². The topological polar surface area (TPSA) is 26.0 Å². The lowest BCUT2D eigenvalue weighted by Gasteiger charge is -1.91. The molecule has 3 heteroatoms. The van der Waals surface area contributed by atoms with Gasteiger partial charge in [0.1, 0.15) is 6.26 Å². The second kappa shape index (κ2) is 4.39. The molecule has 0 saturated heterocycles. The SMILES string of the molecule is CCCCCc1coc(Cl)n1. The van der Waals surface area contributed by atoms with Gasteiger partial charge in [-0.15, -0.1) is 0 Å². The number of rotatable bonds is 4. The summed E-state index contributed by atoms with van der Waals surface area (Å²) in [6.07, 6.45) is 6.23. The normalized spacial score (nSPS) is 10.4. The highest BCUT2D eigenvalue weighted by Gasteiger charge is 1.99. The molecule has 0 aliphatic heterocycles. The number of halogens is 1. The van der Waals surface area contributed by atoms with Crippen LogP contribution in [0.2, 0.25) is 5.35 Å². The summed E-state index contributed by atoms with van der Waals surface area (Å²) >= 11 is 5.50. The molecule has 0 fully saturated rings. The van der Waals surface area contributed by atoms with E-state index in [1.54, 1.807) is 6.26 Å². The molecular formula is C8H12ClNO. The summed E-state index contributed by atoms with van der Waals surface area (Å²) in [5.74, 6) is 0. The first kappa shape index (κ1) is 8.60. The molecule has 0 atom stereocenters. The van der Waals surface area contributed by atoms with Gasteiger partial charge in [0.2, 0.25) is 0 Å². The molecule has 0 amide bonds. The Bertz CT molecular complexity index is 210. The van der Waals surface area contributed by atoms with E-state index in [9.17, 15) is 0 Å². The van der Waals surface area contributed by atoms with Crippen molar-refractivity contribution in [3.05, 3.63) is 17.3 Å². The zero-order chi connectivity index (χ0) is 8.10. The van der Waals surface area contributed by atoms with Crippen LogP contribution in [-0.2, 0) is 6.42 Å². The molecule has 62 valence electrons. The van der Waals surface area contributed by atoms with Gasteiger partial charge < -0.3 is 4.42 Å². The van der Waals surface area contributed by atoms with Crippen LogP contribution in [0.15, 0.2) is 10.7 Å². The molecule has 1 rings (SSSR count). The maximum Gasteiger partial charge on any atom is 0.292 e. The van der Waals surface area contributed by atoms with Crippen molar-refractivity contribution in [1.29, 1.82) is 0 Å². The van der Waals surface area contributed by atoms with Crippen LogP contribution in [-0.4, -0.2) is 4.98 Å². The lowest BCUT2D eigenvalue weighted by atomic mass is 10.2. The molecule has 11 heavy (non-hydrogen) atoms. The second-order valence-corrected chi connectivity index (χ2v) is 2.87. The van der Waals surface area contributed by atoms with Gasteiger partial charge in [-0.3, -0.25) is 0 Å². The summed E-state index contributed by atoms with van der Waals surface area (Å²) in [6, 6.07) is 0. The Labute approximate surface area is 71.6 Å². The zero-order valence-corrected chi connectivity index (χ0v) is 7.40. The number of aromatic nitrogens is 1. The minimum atomic E-state index is 0.247. The summed E-state index contributed by atoms with van der Waals surface area (Å²) in [5.41, 5.74) is 0.962. The lowest BCUT2D eigenvalue weighted by molar-refractivity contribution is 0.557. The number of hydrogen-bond donors (Lipinski definition) is 0. The van der Waals surface area contributed by atoms with Gasteiger partial charge in [-0.2, -0.15) is 0 Å². The monoisotopic (exact) mass is 173 g/mol. The maximum absolute atomic E-state index is 5.50. The second-order valence-electron chi connectivity index (χ2n) is 2.55. The Kier molecular flexibility index (Phi) is 3.43. The van der Waals surface area contributed by atoms with E-state index >= 15 is 0 Å². The molecule has 1 aromatic heterocycles. The van der Waals surface area contributed by atoms with Crippen LogP contribution >= 0.6 is 11.6 Å². The van der Waals surface area contributed by atoms with Gasteiger partial charge in [0, 0.05) is 0 Å². The fourth-order valence-corrected chi connectivity index (χ4v) is 1.11. The first-order chi connectivity index (χ1) is 5.33. The smallest absolute Gasteiger partial charge is 0.292 e. The van der Waals surface area contributed by atoms with Crippen LogP contribution in [0.5, 0.6) is 0 Å². The van der Waals surface area contributed by atoms with E-state index in [4.69, 9.17) is 16.0 Å². The summed E-state index contributed by atoms with van der Waals surface area (Å²) in [6.45, 7) is 2.18. The molecule has 1 aromatic rings. The van der Waals surface area contributed by atoms with Crippen LogP contribution in [0.3, 0.4) is 0 Å². The van der Waals surface area contributed by atoms with E-state index in [0.29, 0.717) is 0 Å². The highest BCUT2D eigenvalue weighted by molar-refractivity contribution is 6.27.